The Morgan fingerprint density at radius 3 is 2.57 bits per heavy atom. The van der Waals surface area contributed by atoms with E-state index in [-0.39, 0.29) is 0 Å². The van der Waals surface area contributed by atoms with E-state index in [0.29, 0.717) is 11.5 Å². The number of hydrogen-bond acceptors (Lipinski definition) is 3. The number of anilines is 2. The molecule has 0 bridgehead atoms. The van der Waals surface area contributed by atoms with Crippen LogP contribution in [-0.2, 0) is 0 Å². The predicted octanol–water partition coefficient (Wildman–Crippen LogP) is 3.57. The maximum Gasteiger partial charge on any atom is 0.409 e. The summed E-state index contributed by atoms with van der Waals surface area (Å²) < 4.78 is 0. The number of nitrogens with zero attached hydrogens (tertiary/aromatic N) is 1. The molecule has 3 rings (SSSR count). The highest BCUT2D eigenvalue weighted by Gasteiger charge is 2.07. The van der Waals surface area contributed by atoms with Crippen LogP contribution in [0.15, 0.2) is 54.6 Å². The standard InChI is InChI=1S/C16H13N3O2/c17-15-13(10-4-2-1-3-5-10)9-11-8-12(18-16(20)21)6-7-14(11)19-15/h1-9,18H,(H2,17,19)(H,20,21). The number of pyridine rings is 1. The molecule has 5 nitrogen and oxygen atoms in total. The average Bonchev–Trinajstić information content (AvgIpc) is 2.47. The van der Waals surface area contributed by atoms with E-state index < -0.39 is 6.09 Å². The molecule has 104 valence electrons. The van der Waals surface area contributed by atoms with Crippen molar-refractivity contribution >= 4 is 28.5 Å². The lowest BCUT2D eigenvalue weighted by Crippen LogP contribution is -2.07. The van der Waals surface area contributed by atoms with Gasteiger partial charge in [0.2, 0.25) is 0 Å². The van der Waals surface area contributed by atoms with Gasteiger partial charge in [0.05, 0.1) is 5.52 Å². The number of nitrogens with two attached hydrogens (primary N) is 1. The van der Waals surface area contributed by atoms with E-state index in [1.807, 2.05) is 36.4 Å². The monoisotopic (exact) mass is 279 g/mol. The first kappa shape index (κ1) is 12.9. The van der Waals surface area contributed by atoms with E-state index in [9.17, 15) is 4.79 Å². The third-order valence-corrected chi connectivity index (χ3v) is 3.18. The second-order valence-corrected chi connectivity index (χ2v) is 4.62. The van der Waals surface area contributed by atoms with Gasteiger partial charge in [0, 0.05) is 16.6 Å². The summed E-state index contributed by atoms with van der Waals surface area (Å²) in [4.78, 5) is 15.1. The van der Waals surface area contributed by atoms with Crippen LogP contribution in [0.1, 0.15) is 0 Å². The zero-order valence-electron chi connectivity index (χ0n) is 11.1. The number of fused-ring (bicyclic) bond motifs is 1. The van der Waals surface area contributed by atoms with Crippen molar-refractivity contribution in [2.75, 3.05) is 11.1 Å². The second-order valence-electron chi connectivity index (χ2n) is 4.62. The number of amides is 1. The Morgan fingerprint density at radius 1 is 1.10 bits per heavy atom. The van der Waals surface area contributed by atoms with Crippen LogP contribution in [0.25, 0.3) is 22.0 Å². The molecule has 0 atom stereocenters. The van der Waals surface area contributed by atoms with Crippen LogP contribution in [0.2, 0.25) is 0 Å². The number of carboxylic acid groups (broad SMARTS) is 1. The van der Waals surface area contributed by atoms with Crippen LogP contribution >= 0.6 is 0 Å². The Kier molecular flexibility index (Phi) is 3.16. The Morgan fingerprint density at radius 2 is 1.86 bits per heavy atom. The van der Waals surface area contributed by atoms with E-state index in [0.717, 1.165) is 22.0 Å². The van der Waals surface area contributed by atoms with Crippen molar-refractivity contribution in [2.24, 2.45) is 0 Å². The fraction of sp³-hybridized carbons (Fsp3) is 0. The van der Waals surface area contributed by atoms with Crippen LogP contribution in [0.4, 0.5) is 16.3 Å². The lowest BCUT2D eigenvalue weighted by molar-refractivity contribution is 0.210. The SMILES string of the molecule is Nc1nc2ccc(NC(=O)O)cc2cc1-c1ccccc1. The Labute approximate surface area is 121 Å². The number of aromatic nitrogens is 1. The number of nitrogens with one attached hydrogen (secondary N) is 1. The van der Waals surface area contributed by atoms with Crippen LogP contribution in [-0.4, -0.2) is 16.2 Å². The lowest BCUT2D eigenvalue weighted by Gasteiger charge is -2.09. The van der Waals surface area contributed by atoms with Gasteiger partial charge in [0.15, 0.2) is 0 Å². The lowest BCUT2D eigenvalue weighted by atomic mass is 10.0. The highest BCUT2D eigenvalue weighted by Crippen LogP contribution is 2.29. The third kappa shape index (κ3) is 2.62. The Bertz CT molecular complexity index is 816. The summed E-state index contributed by atoms with van der Waals surface area (Å²) >= 11 is 0. The molecule has 0 aliphatic heterocycles. The normalized spacial score (nSPS) is 10.5. The zero-order valence-corrected chi connectivity index (χ0v) is 11.1. The van der Waals surface area contributed by atoms with Gasteiger partial charge in [-0.3, -0.25) is 5.32 Å². The fourth-order valence-electron chi connectivity index (χ4n) is 2.24. The van der Waals surface area contributed by atoms with E-state index in [1.54, 1.807) is 18.2 Å². The van der Waals surface area contributed by atoms with Crippen LogP contribution in [0, 0.1) is 0 Å². The fourth-order valence-corrected chi connectivity index (χ4v) is 2.24. The van der Waals surface area contributed by atoms with Gasteiger partial charge in [-0.2, -0.15) is 0 Å². The highest BCUT2D eigenvalue weighted by atomic mass is 16.4. The van der Waals surface area contributed by atoms with E-state index in [1.165, 1.54) is 0 Å². The van der Waals surface area contributed by atoms with E-state index in [2.05, 4.69) is 10.3 Å². The van der Waals surface area contributed by atoms with Gasteiger partial charge in [-0.1, -0.05) is 30.3 Å². The van der Waals surface area contributed by atoms with Crippen molar-refractivity contribution in [1.82, 2.24) is 4.98 Å². The molecule has 1 amide bonds. The molecule has 0 spiro atoms. The van der Waals surface area contributed by atoms with Crippen molar-refractivity contribution in [2.45, 2.75) is 0 Å². The summed E-state index contributed by atoms with van der Waals surface area (Å²) in [7, 11) is 0. The van der Waals surface area contributed by atoms with Gasteiger partial charge in [0.25, 0.3) is 0 Å². The number of nitrogen functional groups attached to an aromatic ring is 1. The van der Waals surface area contributed by atoms with Crippen LogP contribution < -0.4 is 11.1 Å². The molecule has 0 aliphatic carbocycles. The number of hydrogen-bond donors (Lipinski definition) is 3. The molecule has 0 fully saturated rings. The van der Waals surface area contributed by atoms with Crippen molar-refractivity contribution in [3.63, 3.8) is 0 Å². The largest absolute Gasteiger partial charge is 0.465 e. The van der Waals surface area contributed by atoms with Crippen molar-refractivity contribution in [3.05, 3.63) is 54.6 Å². The van der Waals surface area contributed by atoms with Gasteiger partial charge in [-0.15, -0.1) is 0 Å². The molecule has 5 heteroatoms. The first-order chi connectivity index (χ1) is 10.1. The molecule has 1 aromatic heterocycles. The molecular weight excluding hydrogens is 266 g/mol. The molecular formula is C16H13N3O2. The molecule has 0 unspecified atom stereocenters. The third-order valence-electron chi connectivity index (χ3n) is 3.18. The average molecular weight is 279 g/mol. The number of carbonyl (C=O) groups is 1. The molecule has 2 aromatic carbocycles. The minimum Gasteiger partial charge on any atom is -0.465 e. The van der Waals surface area contributed by atoms with Gasteiger partial charge >= 0.3 is 6.09 Å². The molecule has 3 aromatic rings. The molecule has 0 saturated heterocycles. The Balaban J connectivity index is 2.14. The number of rotatable bonds is 2. The number of benzene rings is 2. The topological polar surface area (TPSA) is 88.2 Å². The van der Waals surface area contributed by atoms with Crippen molar-refractivity contribution in [3.8, 4) is 11.1 Å². The summed E-state index contributed by atoms with van der Waals surface area (Å²) in [6.07, 6.45) is -1.10. The first-order valence-corrected chi connectivity index (χ1v) is 6.39. The molecule has 0 saturated carbocycles. The van der Waals surface area contributed by atoms with E-state index >= 15 is 0 Å². The first-order valence-electron chi connectivity index (χ1n) is 6.39. The molecule has 21 heavy (non-hydrogen) atoms. The van der Waals surface area contributed by atoms with Crippen molar-refractivity contribution < 1.29 is 9.90 Å². The van der Waals surface area contributed by atoms with Crippen LogP contribution in [0.5, 0.6) is 0 Å². The second kappa shape index (κ2) is 5.13. The van der Waals surface area contributed by atoms with Gasteiger partial charge in [-0.25, -0.2) is 9.78 Å². The van der Waals surface area contributed by atoms with E-state index in [4.69, 9.17) is 10.8 Å². The van der Waals surface area contributed by atoms with Gasteiger partial charge < -0.3 is 10.8 Å². The van der Waals surface area contributed by atoms with Gasteiger partial charge in [0.1, 0.15) is 5.82 Å². The predicted molar refractivity (Wildman–Crippen MR) is 83.2 cm³/mol. The molecule has 4 N–H and O–H groups in total. The minimum atomic E-state index is -1.10. The highest BCUT2D eigenvalue weighted by molar-refractivity contribution is 5.93. The summed E-state index contributed by atoms with van der Waals surface area (Å²) in [6, 6.07) is 16.8. The summed E-state index contributed by atoms with van der Waals surface area (Å²) in [5.74, 6) is 0.452. The minimum absolute atomic E-state index is 0.452. The van der Waals surface area contributed by atoms with Crippen molar-refractivity contribution in [1.29, 1.82) is 0 Å². The molecule has 0 radical (unpaired) electrons. The zero-order chi connectivity index (χ0) is 14.8. The quantitative estimate of drug-likeness (QED) is 0.669. The summed E-state index contributed by atoms with van der Waals surface area (Å²) in [5.41, 5.74) is 9.04. The smallest absolute Gasteiger partial charge is 0.409 e. The maximum absolute atomic E-state index is 10.7. The summed E-state index contributed by atoms with van der Waals surface area (Å²) in [6.45, 7) is 0. The van der Waals surface area contributed by atoms with Gasteiger partial charge in [-0.05, 0) is 29.8 Å². The summed E-state index contributed by atoms with van der Waals surface area (Å²) in [5, 5.41) is 11.9. The Hall–Kier alpha value is -3.08. The molecule has 0 aliphatic rings. The molecule has 1 heterocycles. The maximum atomic E-state index is 10.7. The van der Waals surface area contributed by atoms with Crippen LogP contribution in [0.3, 0.4) is 0 Å².